The molecule has 0 unspecified atom stereocenters. The molecular weight excluding hydrogens is 406 g/mol. The summed E-state index contributed by atoms with van der Waals surface area (Å²) >= 11 is 3.81. The average Bonchev–Trinajstić information content (AvgIpc) is 2.63. The Labute approximate surface area is 164 Å². The molecule has 164 valence electrons. The first-order valence-electron chi connectivity index (χ1n) is 8.25. The van der Waals surface area contributed by atoms with Crippen LogP contribution in [0.2, 0.25) is 0 Å². The van der Waals surface area contributed by atoms with E-state index in [0.717, 1.165) is 6.92 Å². The molecule has 2 aliphatic heterocycles. The Morgan fingerprint density at radius 3 is 2.25 bits per heavy atom. The smallest absolute Gasteiger partial charge is 0.219 e. The first-order chi connectivity index (χ1) is 12.9. The van der Waals surface area contributed by atoms with Gasteiger partial charge < -0.3 is 60.4 Å². The Hall–Kier alpha value is -0.620. The Bertz CT molecular complexity index is 564. The third-order valence-corrected chi connectivity index (χ3v) is 5.09. The van der Waals surface area contributed by atoms with Crippen molar-refractivity contribution in [2.24, 2.45) is 0 Å². The van der Waals surface area contributed by atoms with E-state index in [9.17, 15) is 45.6 Å². The van der Waals surface area contributed by atoms with Crippen LogP contribution in [0, 0.1) is 0 Å². The number of nitrogens with one attached hydrogen (secondary N) is 1. The Balaban J connectivity index is 2.34. The summed E-state index contributed by atoms with van der Waals surface area (Å²) in [5.41, 5.74) is -2.31. The molecule has 10 atom stereocenters. The summed E-state index contributed by atoms with van der Waals surface area (Å²) in [7, 11) is 0. The van der Waals surface area contributed by atoms with E-state index < -0.39 is 79.0 Å². The molecule has 2 heterocycles. The van der Waals surface area contributed by atoms with Crippen LogP contribution in [0.5, 0.6) is 0 Å². The maximum Gasteiger partial charge on any atom is 0.219 e. The lowest BCUT2D eigenvalue weighted by atomic mass is 9.92. The van der Waals surface area contributed by atoms with Gasteiger partial charge in [0.05, 0.1) is 13.2 Å². The zero-order chi connectivity index (χ0) is 21.4. The second kappa shape index (κ2) is 8.63. The molecule has 2 fully saturated rings. The molecule has 0 aromatic carbocycles. The highest BCUT2D eigenvalue weighted by atomic mass is 32.1. The maximum absolute atomic E-state index is 11.4. The second-order valence-corrected chi connectivity index (χ2v) is 7.40. The third-order valence-electron chi connectivity index (χ3n) is 4.62. The molecule has 2 saturated heterocycles. The van der Waals surface area contributed by atoms with E-state index in [4.69, 9.17) is 14.2 Å². The Kier molecular flexibility index (Phi) is 7.29. The largest absolute Gasteiger partial charge is 0.394 e. The van der Waals surface area contributed by atoms with E-state index in [1.165, 1.54) is 0 Å². The minimum atomic E-state index is -2.63. The van der Waals surface area contributed by atoms with E-state index in [1.54, 1.807) is 0 Å². The van der Waals surface area contributed by atoms with Gasteiger partial charge >= 0.3 is 0 Å². The lowest BCUT2D eigenvalue weighted by molar-refractivity contribution is -0.385. The summed E-state index contributed by atoms with van der Waals surface area (Å²) < 4.78 is 15.6. The van der Waals surface area contributed by atoms with E-state index in [0.29, 0.717) is 0 Å². The van der Waals surface area contributed by atoms with Crippen LogP contribution in [0.1, 0.15) is 6.92 Å². The zero-order valence-electron chi connectivity index (χ0n) is 14.7. The lowest BCUT2D eigenvalue weighted by Gasteiger charge is -2.52. The predicted octanol–water partition coefficient (Wildman–Crippen LogP) is -5.68. The van der Waals surface area contributed by atoms with Gasteiger partial charge in [0.2, 0.25) is 12.2 Å². The van der Waals surface area contributed by atoms with Crippen molar-refractivity contribution in [1.29, 1.82) is 0 Å². The first-order valence-corrected chi connectivity index (χ1v) is 8.70. The predicted molar refractivity (Wildman–Crippen MR) is 89.3 cm³/mol. The van der Waals surface area contributed by atoms with E-state index in [-0.39, 0.29) is 0 Å². The topological polar surface area (TPSA) is 219 Å². The van der Waals surface area contributed by atoms with Crippen LogP contribution < -0.4 is 5.32 Å². The highest BCUT2D eigenvalue weighted by Gasteiger charge is 2.62. The van der Waals surface area contributed by atoms with E-state index in [1.807, 2.05) is 0 Å². The zero-order valence-corrected chi connectivity index (χ0v) is 15.6. The second-order valence-electron chi connectivity index (χ2n) is 6.68. The summed E-state index contributed by atoms with van der Waals surface area (Å²) in [5.74, 6) is -0.767. The SMILES string of the molecule is CC(=O)N[C@]1(CO)O[C@H](O[C@H]2[C@H](O)[C@@H](O)[C@H](O)O[C@@H]2CO)[C@](O)(S)[C@@H](O)[C@H]1O. The van der Waals surface area contributed by atoms with Gasteiger partial charge in [-0.3, -0.25) is 4.79 Å². The van der Waals surface area contributed by atoms with Gasteiger partial charge in [-0.1, -0.05) is 0 Å². The lowest BCUT2D eigenvalue weighted by Crippen LogP contribution is -2.76. The fourth-order valence-corrected chi connectivity index (χ4v) is 3.31. The van der Waals surface area contributed by atoms with Crippen LogP contribution in [-0.2, 0) is 19.0 Å². The molecule has 28 heavy (non-hydrogen) atoms. The van der Waals surface area contributed by atoms with Gasteiger partial charge in [-0.25, -0.2) is 0 Å². The van der Waals surface area contributed by atoms with Gasteiger partial charge in [-0.05, 0) is 0 Å². The number of carbonyl (C=O) groups is 1. The van der Waals surface area contributed by atoms with Crippen molar-refractivity contribution in [3.63, 3.8) is 0 Å². The number of amides is 1. The summed E-state index contributed by atoms with van der Waals surface area (Å²) in [6, 6.07) is 0. The number of aliphatic hydroxyl groups is 8. The van der Waals surface area contributed by atoms with E-state index >= 15 is 0 Å². The number of hydrogen-bond donors (Lipinski definition) is 10. The molecule has 2 aliphatic rings. The van der Waals surface area contributed by atoms with Crippen LogP contribution in [0.25, 0.3) is 0 Å². The molecule has 2 rings (SSSR count). The van der Waals surface area contributed by atoms with Crippen LogP contribution in [0.3, 0.4) is 0 Å². The summed E-state index contributed by atoms with van der Waals surface area (Å²) in [6.07, 6.45) is -14.7. The van der Waals surface area contributed by atoms with Crippen LogP contribution in [-0.4, -0.2) is 120 Å². The van der Waals surface area contributed by atoms with Crippen molar-refractivity contribution >= 4 is 18.5 Å². The Morgan fingerprint density at radius 1 is 1.14 bits per heavy atom. The van der Waals surface area contributed by atoms with E-state index in [2.05, 4.69) is 17.9 Å². The van der Waals surface area contributed by atoms with Crippen LogP contribution in [0.4, 0.5) is 0 Å². The number of hydrogen-bond acceptors (Lipinski definition) is 13. The summed E-state index contributed by atoms with van der Waals surface area (Å²) in [5, 5.41) is 81.5. The third kappa shape index (κ3) is 4.14. The van der Waals surface area contributed by atoms with Gasteiger partial charge in [-0.2, -0.15) is 0 Å². The summed E-state index contributed by atoms with van der Waals surface area (Å²) in [6.45, 7) is -0.802. The standard InChI is InChI=1S/C14H25NO12S/c1-4(18)15-13(3-17)9(21)10(22)14(24,28)12(27-13)26-8-5(2-16)25-11(23)7(20)6(8)19/h5-12,16-17,19-24,28H,2-3H2,1H3,(H,15,18)/t5-,6-,7-,8-,9-,10+,11-,12+,13-,14-/m1/s1. The van der Waals surface area contributed by atoms with Gasteiger partial charge in [0.25, 0.3) is 0 Å². The minimum absolute atomic E-state index is 0.767. The van der Waals surface area contributed by atoms with Gasteiger partial charge in [0.1, 0.15) is 36.6 Å². The number of thiol groups is 1. The molecule has 0 aromatic heterocycles. The van der Waals surface area contributed by atoms with Crippen molar-refractivity contribution in [3.05, 3.63) is 0 Å². The first kappa shape index (κ1) is 23.7. The van der Waals surface area contributed by atoms with Gasteiger partial charge in [0, 0.05) is 6.92 Å². The summed E-state index contributed by atoms with van der Waals surface area (Å²) in [4.78, 5) is 8.82. The molecule has 13 nitrogen and oxygen atoms in total. The number of ether oxygens (including phenoxy) is 3. The molecule has 9 N–H and O–H groups in total. The normalized spacial score (nSPS) is 49.6. The average molecular weight is 431 g/mol. The van der Waals surface area contributed by atoms with Crippen molar-refractivity contribution in [3.8, 4) is 0 Å². The molecule has 1 amide bonds. The molecule has 14 heteroatoms. The van der Waals surface area contributed by atoms with Crippen LogP contribution >= 0.6 is 12.6 Å². The maximum atomic E-state index is 11.4. The monoisotopic (exact) mass is 431 g/mol. The van der Waals surface area contributed by atoms with Crippen molar-refractivity contribution in [2.45, 2.75) is 66.8 Å². The quantitative estimate of drug-likeness (QED) is 0.145. The van der Waals surface area contributed by atoms with Crippen molar-refractivity contribution < 1.29 is 59.9 Å². The van der Waals surface area contributed by atoms with Crippen molar-refractivity contribution in [2.75, 3.05) is 13.2 Å². The molecule has 0 bridgehead atoms. The van der Waals surface area contributed by atoms with Gasteiger partial charge in [0.15, 0.2) is 16.9 Å². The molecule has 0 aromatic rings. The fourth-order valence-electron chi connectivity index (χ4n) is 3.05. The minimum Gasteiger partial charge on any atom is -0.394 e. The molecule has 0 aliphatic carbocycles. The number of aliphatic hydroxyl groups excluding tert-OH is 7. The number of carbonyl (C=O) groups excluding carboxylic acids is 1. The molecular formula is C14H25NO12S. The number of rotatable bonds is 5. The van der Waals surface area contributed by atoms with Crippen LogP contribution in [0.15, 0.2) is 0 Å². The Morgan fingerprint density at radius 2 is 1.75 bits per heavy atom. The highest BCUT2D eigenvalue weighted by Crippen LogP contribution is 2.39. The van der Waals surface area contributed by atoms with Gasteiger partial charge in [-0.15, -0.1) is 12.6 Å². The fraction of sp³-hybridized carbons (Fsp3) is 0.929. The molecule has 0 saturated carbocycles. The highest BCUT2D eigenvalue weighted by molar-refractivity contribution is 7.81. The molecule has 0 radical (unpaired) electrons. The molecule has 0 spiro atoms. The van der Waals surface area contributed by atoms with Crippen molar-refractivity contribution in [1.82, 2.24) is 5.32 Å².